The van der Waals surface area contributed by atoms with Crippen LogP contribution in [0.15, 0.2) is 60.9 Å². The van der Waals surface area contributed by atoms with Crippen LogP contribution in [-0.2, 0) is 13.6 Å². The summed E-state index contributed by atoms with van der Waals surface area (Å²) in [6.07, 6.45) is 3.65. The van der Waals surface area contributed by atoms with Gasteiger partial charge < -0.3 is 5.32 Å². The Hall–Kier alpha value is -2.53. The van der Waals surface area contributed by atoms with Crippen LogP contribution >= 0.6 is 0 Å². The summed E-state index contributed by atoms with van der Waals surface area (Å²) in [4.78, 5) is 0. The Kier molecular flexibility index (Phi) is 4.48. The van der Waals surface area contributed by atoms with E-state index in [2.05, 4.69) is 10.4 Å². The second-order valence-corrected chi connectivity index (χ2v) is 5.44. The van der Waals surface area contributed by atoms with E-state index in [0.29, 0.717) is 6.54 Å². The normalized spacial score (nSPS) is 12.3. The van der Waals surface area contributed by atoms with Gasteiger partial charge in [0.1, 0.15) is 11.6 Å². The van der Waals surface area contributed by atoms with Crippen LogP contribution in [0.4, 0.5) is 8.78 Å². The van der Waals surface area contributed by atoms with E-state index in [4.69, 9.17) is 0 Å². The Balaban J connectivity index is 1.84. The Morgan fingerprint density at radius 2 is 1.83 bits per heavy atom. The molecule has 1 N–H and O–H groups in total. The average molecular weight is 313 g/mol. The van der Waals surface area contributed by atoms with E-state index in [1.807, 2.05) is 19.3 Å². The molecule has 0 amide bonds. The number of hydrogen-bond acceptors (Lipinski definition) is 2. The summed E-state index contributed by atoms with van der Waals surface area (Å²) in [5.41, 5.74) is 2.72. The van der Waals surface area contributed by atoms with Crippen LogP contribution in [0, 0.1) is 11.6 Å². The van der Waals surface area contributed by atoms with E-state index in [0.717, 1.165) is 16.7 Å². The third-order valence-corrected chi connectivity index (χ3v) is 3.66. The van der Waals surface area contributed by atoms with Gasteiger partial charge in [-0.05, 0) is 35.4 Å². The summed E-state index contributed by atoms with van der Waals surface area (Å²) in [5, 5.41) is 7.57. The maximum Gasteiger partial charge on any atom is 0.123 e. The molecule has 118 valence electrons. The molecule has 3 aromatic rings. The quantitative estimate of drug-likeness (QED) is 0.780. The average Bonchev–Trinajstić information content (AvgIpc) is 2.96. The fourth-order valence-corrected chi connectivity index (χ4v) is 2.53. The van der Waals surface area contributed by atoms with Gasteiger partial charge in [0.25, 0.3) is 0 Å². The largest absolute Gasteiger partial charge is 0.302 e. The Morgan fingerprint density at radius 1 is 1.04 bits per heavy atom. The monoisotopic (exact) mass is 313 g/mol. The van der Waals surface area contributed by atoms with Crippen molar-refractivity contribution in [2.45, 2.75) is 12.6 Å². The van der Waals surface area contributed by atoms with Crippen LogP contribution in [0.1, 0.15) is 22.7 Å². The van der Waals surface area contributed by atoms with Crippen molar-refractivity contribution in [3.8, 4) is 0 Å². The van der Waals surface area contributed by atoms with Crippen molar-refractivity contribution in [1.29, 1.82) is 0 Å². The van der Waals surface area contributed by atoms with Crippen molar-refractivity contribution in [1.82, 2.24) is 15.1 Å². The molecular weight excluding hydrogens is 296 g/mol. The van der Waals surface area contributed by atoms with E-state index in [-0.39, 0.29) is 17.7 Å². The molecule has 23 heavy (non-hydrogen) atoms. The maximum atomic E-state index is 13.6. The van der Waals surface area contributed by atoms with Gasteiger partial charge in [-0.25, -0.2) is 8.78 Å². The first-order valence-electron chi connectivity index (χ1n) is 7.33. The van der Waals surface area contributed by atoms with Gasteiger partial charge in [-0.2, -0.15) is 5.10 Å². The maximum absolute atomic E-state index is 13.6. The smallest absolute Gasteiger partial charge is 0.123 e. The summed E-state index contributed by atoms with van der Waals surface area (Å²) in [6.45, 7) is 0.538. The van der Waals surface area contributed by atoms with Crippen LogP contribution in [-0.4, -0.2) is 9.78 Å². The molecule has 0 saturated carbocycles. The molecule has 0 aliphatic carbocycles. The van der Waals surface area contributed by atoms with Crippen molar-refractivity contribution in [2.75, 3.05) is 0 Å². The molecule has 3 nitrogen and oxygen atoms in total. The molecule has 0 aliphatic rings. The Morgan fingerprint density at radius 3 is 2.48 bits per heavy atom. The molecule has 2 aromatic carbocycles. The zero-order valence-electron chi connectivity index (χ0n) is 12.7. The molecule has 1 aromatic heterocycles. The number of rotatable bonds is 5. The third kappa shape index (κ3) is 3.81. The lowest BCUT2D eigenvalue weighted by Crippen LogP contribution is -2.22. The van der Waals surface area contributed by atoms with Crippen LogP contribution in [0.5, 0.6) is 0 Å². The predicted octanol–water partition coefficient (Wildman–Crippen LogP) is 3.58. The molecule has 0 spiro atoms. The minimum atomic E-state index is -0.278. The van der Waals surface area contributed by atoms with E-state index in [9.17, 15) is 8.78 Å². The summed E-state index contributed by atoms with van der Waals surface area (Å²) < 4.78 is 28.3. The zero-order valence-corrected chi connectivity index (χ0v) is 12.7. The molecule has 5 heteroatoms. The third-order valence-electron chi connectivity index (χ3n) is 3.66. The van der Waals surface area contributed by atoms with Crippen molar-refractivity contribution >= 4 is 0 Å². The van der Waals surface area contributed by atoms with Crippen LogP contribution < -0.4 is 5.32 Å². The van der Waals surface area contributed by atoms with Crippen LogP contribution in [0.2, 0.25) is 0 Å². The van der Waals surface area contributed by atoms with Gasteiger partial charge >= 0.3 is 0 Å². The second kappa shape index (κ2) is 6.71. The molecule has 0 unspecified atom stereocenters. The first-order valence-corrected chi connectivity index (χ1v) is 7.33. The van der Waals surface area contributed by atoms with Crippen molar-refractivity contribution in [3.05, 3.63) is 89.2 Å². The highest BCUT2D eigenvalue weighted by Crippen LogP contribution is 2.23. The molecular formula is C18H17F2N3. The lowest BCUT2D eigenvalue weighted by atomic mass is 10.0. The molecule has 1 atom stereocenters. The number of nitrogens with one attached hydrogen (secondary N) is 1. The molecule has 0 fully saturated rings. The highest BCUT2D eigenvalue weighted by Gasteiger charge is 2.16. The van der Waals surface area contributed by atoms with Gasteiger partial charge in [0, 0.05) is 25.4 Å². The van der Waals surface area contributed by atoms with Gasteiger partial charge in [-0.1, -0.05) is 24.3 Å². The summed E-state index contributed by atoms with van der Waals surface area (Å²) in [5.74, 6) is -0.539. The van der Waals surface area contributed by atoms with Gasteiger partial charge in [0.2, 0.25) is 0 Å². The predicted molar refractivity (Wildman–Crippen MR) is 84.7 cm³/mol. The van der Waals surface area contributed by atoms with Gasteiger partial charge in [-0.15, -0.1) is 0 Å². The number of halogens is 2. The molecule has 0 bridgehead atoms. The number of hydrogen-bond donors (Lipinski definition) is 1. The lowest BCUT2D eigenvalue weighted by Gasteiger charge is -2.18. The van der Waals surface area contributed by atoms with E-state index in [1.165, 1.54) is 24.3 Å². The molecule has 0 aliphatic heterocycles. The minimum Gasteiger partial charge on any atom is -0.302 e. The SMILES string of the molecule is Cn1cc([C@H](NCc2ccc(F)cc2)c2cccc(F)c2)cn1. The number of aryl methyl sites for hydroxylation is 1. The Bertz CT molecular complexity index is 781. The van der Waals surface area contributed by atoms with Crippen LogP contribution in [0.25, 0.3) is 0 Å². The van der Waals surface area contributed by atoms with Gasteiger partial charge in [-0.3, -0.25) is 4.68 Å². The minimum absolute atomic E-state index is 0.190. The first-order chi connectivity index (χ1) is 11.1. The number of benzene rings is 2. The molecule has 0 radical (unpaired) electrons. The topological polar surface area (TPSA) is 29.9 Å². The summed E-state index contributed by atoms with van der Waals surface area (Å²) in [6, 6.07) is 12.6. The van der Waals surface area contributed by atoms with Crippen molar-refractivity contribution in [3.63, 3.8) is 0 Å². The number of aromatic nitrogens is 2. The Labute approximate surface area is 133 Å². The summed E-state index contributed by atoms with van der Waals surface area (Å²) >= 11 is 0. The van der Waals surface area contributed by atoms with Gasteiger partial charge in [0.05, 0.1) is 12.2 Å². The van der Waals surface area contributed by atoms with E-state index in [1.54, 1.807) is 29.1 Å². The van der Waals surface area contributed by atoms with Gasteiger partial charge in [0.15, 0.2) is 0 Å². The second-order valence-electron chi connectivity index (χ2n) is 5.44. The highest BCUT2D eigenvalue weighted by atomic mass is 19.1. The van der Waals surface area contributed by atoms with Crippen molar-refractivity contribution < 1.29 is 8.78 Å². The fourth-order valence-electron chi connectivity index (χ4n) is 2.53. The zero-order chi connectivity index (χ0) is 16.2. The van der Waals surface area contributed by atoms with E-state index >= 15 is 0 Å². The molecule has 3 rings (SSSR count). The summed E-state index contributed by atoms with van der Waals surface area (Å²) in [7, 11) is 1.84. The van der Waals surface area contributed by atoms with Crippen molar-refractivity contribution in [2.24, 2.45) is 7.05 Å². The standard InChI is InChI=1S/C18H17F2N3/c1-23-12-15(11-22-23)18(14-3-2-4-17(20)9-14)21-10-13-5-7-16(19)8-6-13/h2-9,11-12,18,21H,10H2,1H3/t18-/m1/s1. The van der Waals surface area contributed by atoms with E-state index < -0.39 is 0 Å². The van der Waals surface area contributed by atoms with Crippen LogP contribution in [0.3, 0.4) is 0 Å². The number of nitrogens with zero attached hydrogens (tertiary/aromatic N) is 2. The fraction of sp³-hybridized carbons (Fsp3) is 0.167. The first kappa shape index (κ1) is 15.4. The molecule has 0 saturated heterocycles. The highest BCUT2D eigenvalue weighted by molar-refractivity contribution is 5.30. The lowest BCUT2D eigenvalue weighted by molar-refractivity contribution is 0.586. The molecule has 1 heterocycles.